The van der Waals surface area contributed by atoms with Gasteiger partial charge in [0, 0.05) is 12.3 Å². The molecule has 0 rings (SSSR count). The molecule has 3 heteroatoms. The van der Waals surface area contributed by atoms with E-state index in [1.807, 2.05) is 27.7 Å². The summed E-state index contributed by atoms with van der Waals surface area (Å²) in [5, 5.41) is 0. The molecule has 0 atom stereocenters. The van der Waals surface area contributed by atoms with Crippen molar-refractivity contribution in [2.24, 2.45) is 0 Å². The summed E-state index contributed by atoms with van der Waals surface area (Å²) < 4.78 is 17.5. The van der Waals surface area contributed by atoms with Gasteiger partial charge in [-0.25, -0.2) is 0 Å². The summed E-state index contributed by atoms with van der Waals surface area (Å²) >= 11 is 0. The van der Waals surface area contributed by atoms with Crippen LogP contribution in [0.3, 0.4) is 0 Å². The maximum atomic E-state index is 12.0. The van der Waals surface area contributed by atoms with Crippen LogP contribution in [0.2, 0.25) is 0 Å². The smallest absolute Gasteiger partial charge is 0.203 e. The largest absolute Gasteiger partial charge is 0.326 e. The molecule has 0 amide bonds. The average molecular weight is 192 g/mol. The highest BCUT2D eigenvalue weighted by Gasteiger charge is 2.21. The van der Waals surface area contributed by atoms with Crippen molar-refractivity contribution in [1.29, 1.82) is 0 Å². The molecule has 12 heavy (non-hydrogen) atoms. The molecule has 0 aromatic carbocycles. The average Bonchev–Trinajstić information content (AvgIpc) is 1.85. The van der Waals surface area contributed by atoms with Crippen molar-refractivity contribution in [3.05, 3.63) is 0 Å². The molecule has 0 N–H and O–H groups in total. The van der Waals surface area contributed by atoms with Gasteiger partial charge in [-0.05, 0) is 26.7 Å². The molecule has 0 aromatic rings. The molecular formula is C9H21O2P. The van der Waals surface area contributed by atoms with E-state index in [0.717, 1.165) is 25.2 Å². The van der Waals surface area contributed by atoms with E-state index in [2.05, 4.69) is 0 Å². The van der Waals surface area contributed by atoms with E-state index in [1.165, 1.54) is 0 Å². The van der Waals surface area contributed by atoms with Crippen LogP contribution in [0, 0.1) is 0 Å². The topological polar surface area (TPSA) is 26.3 Å². The quantitative estimate of drug-likeness (QED) is 0.602. The van der Waals surface area contributed by atoms with Gasteiger partial charge in [-0.1, -0.05) is 13.8 Å². The van der Waals surface area contributed by atoms with Crippen molar-refractivity contribution in [1.82, 2.24) is 0 Å². The molecule has 0 radical (unpaired) electrons. The predicted octanol–water partition coefficient (Wildman–Crippen LogP) is 3.51. The van der Waals surface area contributed by atoms with Crippen LogP contribution in [0.4, 0.5) is 0 Å². The molecule has 0 saturated heterocycles. The van der Waals surface area contributed by atoms with Crippen molar-refractivity contribution in [3.63, 3.8) is 0 Å². The predicted molar refractivity (Wildman–Crippen MR) is 54.1 cm³/mol. The zero-order valence-electron chi connectivity index (χ0n) is 8.67. The highest BCUT2D eigenvalue weighted by Crippen LogP contribution is 2.48. The molecule has 0 unspecified atom stereocenters. The van der Waals surface area contributed by atoms with Crippen LogP contribution >= 0.6 is 7.37 Å². The summed E-state index contributed by atoms with van der Waals surface area (Å²) in [5.41, 5.74) is 0. The third kappa shape index (κ3) is 4.95. The maximum Gasteiger partial charge on any atom is 0.203 e. The van der Waals surface area contributed by atoms with E-state index in [-0.39, 0.29) is 6.10 Å². The van der Waals surface area contributed by atoms with Crippen LogP contribution in [0.15, 0.2) is 0 Å². The lowest BCUT2D eigenvalue weighted by molar-refractivity contribution is 0.243. The van der Waals surface area contributed by atoms with Crippen molar-refractivity contribution < 1.29 is 9.09 Å². The molecule has 0 aliphatic rings. The van der Waals surface area contributed by atoms with E-state index < -0.39 is 7.37 Å². The number of hydrogen-bond acceptors (Lipinski definition) is 2. The molecule has 74 valence electrons. The fourth-order valence-corrected chi connectivity index (χ4v) is 3.85. The molecule has 0 saturated carbocycles. The Kier molecular flexibility index (Phi) is 5.86. The van der Waals surface area contributed by atoms with Gasteiger partial charge in [0.25, 0.3) is 0 Å². The lowest BCUT2D eigenvalue weighted by atomic mass is 10.5. The Bertz CT molecular complexity index is 145. The van der Waals surface area contributed by atoms with E-state index in [1.54, 1.807) is 0 Å². The van der Waals surface area contributed by atoms with Gasteiger partial charge in [-0.2, -0.15) is 0 Å². The Balaban J connectivity index is 4.08. The summed E-state index contributed by atoms with van der Waals surface area (Å²) in [6, 6.07) is 0. The molecule has 2 nitrogen and oxygen atoms in total. The maximum absolute atomic E-state index is 12.0. The fraction of sp³-hybridized carbons (Fsp3) is 1.00. The minimum Gasteiger partial charge on any atom is -0.326 e. The zero-order valence-corrected chi connectivity index (χ0v) is 9.56. The van der Waals surface area contributed by atoms with E-state index >= 15 is 0 Å². The third-order valence-corrected chi connectivity index (χ3v) is 4.59. The molecule has 0 aliphatic heterocycles. The van der Waals surface area contributed by atoms with Gasteiger partial charge in [0.05, 0.1) is 6.10 Å². The summed E-state index contributed by atoms with van der Waals surface area (Å²) in [7, 11) is -2.28. The van der Waals surface area contributed by atoms with Crippen molar-refractivity contribution >= 4 is 7.37 Å². The third-order valence-electron chi connectivity index (χ3n) is 1.53. The van der Waals surface area contributed by atoms with Crippen molar-refractivity contribution in [2.45, 2.75) is 46.6 Å². The minimum atomic E-state index is -2.28. The fourth-order valence-electron chi connectivity index (χ4n) is 1.28. The second kappa shape index (κ2) is 5.77. The lowest BCUT2D eigenvalue weighted by Gasteiger charge is -2.19. The molecule has 0 fully saturated rings. The van der Waals surface area contributed by atoms with Gasteiger partial charge >= 0.3 is 0 Å². The molecule has 0 bridgehead atoms. The Labute approximate surface area is 76.1 Å². The zero-order chi connectivity index (χ0) is 9.61. The molecular weight excluding hydrogens is 171 g/mol. The summed E-state index contributed by atoms with van der Waals surface area (Å²) in [6.45, 7) is 7.98. The number of hydrogen-bond donors (Lipinski definition) is 0. The van der Waals surface area contributed by atoms with Gasteiger partial charge in [0.2, 0.25) is 7.37 Å². The number of rotatable bonds is 6. The van der Waals surface area contributed by atoms with Crippen molar-refractivity contribution in [2.75, 3.05) is 12.3 Å². The summed E-state index contributed by atoms with van der Waals surface area (Å²) in [6.07, 6.45) is 3.46. The van der Waals surface area contributed by atoms with Gasteiger partial charge in [-0.15, -0.1) is 0 Å². The molecule has 0 aliphatic carbocycles. The first-order chi connectivity index (χ1) is 5.54. The summed E-state index contributed by atoms with van der Waals surface area (Å²) in [5.74, 6) is 0. The van der Waals surface area contributed by atoms with E-state index in [9.17, 15) is 4.57 Å². The van der Waals surface area contributed by atoms with Gasteiger partial charge in [0.15, 0.2) is 0 Å². The van der Waals surface area contributed by atoms with Gasteiger partial charge in [0.1, 0.15) is 0 Å². The molecule has 0 spiro atoms. The van der Waals surface area contributed by atoms with E-state index in [0.29, 0.717) is 0 Å². The van der Waals surface area contributed by atoms with Crippen LogP contribution in [0.25, 0.3) is 0 Å². The Morgan fingerprint density at radius 2 is 1.58 bits per heavy atom. The van der Waals surface area contributed by atoms with E-state index in [4.69, 9.17) is 4.52 Å². The van der Waals surface area contributed by atoms with Crippen LogP contribution in [0.5, 0.6) is 0 Å². The Hall–Kier alpha value is 0.190. The van der Waals surface area contributed by atoms with Crippen molar-refractivity contribution in [3.8, 4) is 0 Å². The monoisotopic (exact) mass is 192 g/mol. The molecule has 0 aromatic heterocycles. The molecule has 0 heterocycles. The van der Waals surface area contributed by atoms with Crippen LogP contribution in [-0.2, 0) is 9.09 Å². The first-order valence-electron chi connectivity index (χ1n) is 4.80. The minimum absolute atomic E-state index is 0.0916. The van der Waals surface area contributed by atoms with Crippen LogP contribution in [-0.4, -0.2) is 18.4 Å². The summed E-state index contributed by atoms with van der Waals surface area (Å²) in [4.78, 5) is 0. The second-order valence-corrected chi connectivity index (χ2v) is 6.15. The van der Waals surface area contributed by atoms with Crippen LogP contribution in [0.1, 0.15) is 40.5 Å². The SMILES string of the molecule is CCCP(=O)(CCC)OC(C)C. The van der Waals surface area contributed by atoms with Crippen LogP contribution < -0.4 is 0 Å². The second-order valence-electron chi connectivity index (χ2n) is 3.42. The Morgan fingerprint density at radius 3 is 1.83 bits per heavy atom. The van der Waals surface area contributed by atoms with Gasteiger partial charge < -0.3 is 4.52 Å². The van der Waals surface area contributed by atoms with Gasteiger partial charge in [-0.3, -0.25) is 4.57 Å². The highest BCUT2D eigenvalue weighted by atomic mass is 31.2. The Morgan fingerprint density at radius 1 is 1.17 bits per heavy atom. The standard InChI is InChI=1S/C9H21O2P/c1-5-7-12(10,8-6-2)11-9(3)4/h9H,5-8H2,1-4H3. The lowest BCUT2D eigenvalue weighted by Crippen LogP contribution is -2.05. The first-order valence-corrected chi connectivity index (χ1v) is 6.80. The first kappa shape index (κ1) is 12.2. The highest BCUT2D eigenvalue weighted by molar-refractivity contribution is 7.58. The normalized spacial score (nSPS) is 12.4.